The van der Waals surface area contributed by atoms with Crippen LogP contribution in [-0.4, -0.2) is 34.4 Å². The van der Waals surface area contributed by atoms with Gasteiger partial charge in [-0.2, -0.15) is 0 Å². The van der Waals surface area contributed by atoms with Gasteiger partial charge in [-0.3, -0.25) is 19.0 Å². The van der Waals surface area contributed by atoms with Crippen molar-refractivity contribution in [3.05, 3.63) is 116 Å². The Bertz CT molecular complexity index is 1650. The number of hydrogen-bond donors (Lipinski definition) is 2. The topological polar surface area (TPSA) is 115 Å². The molecule has 0 aliphatic heterocycles. The van der Waals surface area contributed by atoms with Crippen LogP contribution in [0.3, 0.4) is 0 Å². The Morgan fingerprint density at radius 2 is 1.57 bits per heavy atom. The number of benzene rings is 3. The van der Waals surface area contributed by atoms with E-state index in [1.54, 1.807) is 42.5 Å². The summed E-state index contributed by atoms with van der Waals surface area (Å²) in [4.78, 5) is 50.6. The third kappa shape index (κ3) is 6.42. The van der Waals surface area contributed by atoms with Gasteiger partial charge >= 0.3 is 5.97 Å². The molecule has 0 saturated carbocycles. The highest BCUT2D eigenvalue weighted by Gasteiger charge is 2.25. The maximum atomic E-state index is 13.6. The Morgan fingerprint density at radius 1 is 0.925 bits per heavy atom. The first kappa shape index (κ1) is 28.6. The molecule has 0 fully saturated rings. The van der Waals surface area contributed by atoms with E-state index in [-0.39, 0.29) is 23.5 Å². The standard InChI is InChI=1S/C30H24Cl2N2O6/c1-17(35)23-12-9-21(32)14-24(23)25-15-28(36)34(16-27(25)40-2)26(13-18-3-7-20(31)8-4-18)29(37)33-22-10-5-19(6-11-22)30(38)39/h3-12,14-16,26H,13H2,1-2H3,(H,33,37)(H,38,39). The Hall–Kier alpha value is -4.40. The molecule has 0 radical (unpaired) electrons. The molecule has 4 rings (SSSR count). The second-order valence-corrected chi connectivity index (χ2v) is 9.84. The van der Waals surface area contributed by atoms with Crippen LogP contribution in [0.5, 0.6) is 5.75 Å². The van der Waals surface area contributed by atoms with Crippen LogP contribution in [0.2, 0.25) is 10.0 Å². The number of aromatic nitrogens is 1. The molecular weight excluding hydrogens is 555 g/mol. The molecule has 1 atom stereocenters. The van der Waals surface area contributed by atoms with Gasteiger partial charge in [0.2, 0.25) is 5.91 Å². The molecule has 0 saturated heterocycles. The number of halogens is 2. The van der Waals surface area contributed by atoms with Crippen LogP contribution in [0.4, 0.5) is 5.69 Å². The monoisotopic (exact) mass is 578 g/mol. The molecule has 1 unspecified atom stereocenters. The van der Waals surface area contributed by atoms with E-state index in [0.29, 0.717) is 32.4 Å². The van der Waals surface area contributed by atoms with Gasteiger partial charge in [0.1, 0.15) is 11.8 Å². The molecule has 0 aliphatic rings. The number of nitrogens with one attached hydrogen (secondary N) is 1. The molecule has 40 heavy (non-hydrogen) atoms. The van der Waals surface area contributed by atoms with E-state index in [1.165, 1.54) is 55.1 Å². The number of amides is 1. The number of Topliss-reactive ketones (excluding diaryl/α,β-unsaturated/α-hetero) is 1. The number of hydrogen-bond acceptors (Lipinski definition) is 5. The number of ether oxygens (including phenoxy) is 1. The normalized spacial score (nSPS) is 11.5. The van der Waals surface area contributed by atoms with Gasteiger partial charge in [0.15, 0.2) is 5.78 Å². The van der Waals surface area contributed by atoms with Crippen molar-refractivity contribution in [3.8, 4) is 16.9 Å². The highest BCUT2D eigenvalue weighted by atomic mass is 35.5. The van der Waals surface area contributed by atoms with Crippen LogP contribution < -0.4 is 15.6 Å². The Balaban J connectivity index is 1.80. The molecular formula is C30H24Cl2N2O6. The van der Waals surface area contributed by atoms with Crippen molar-refractivity contribution < 1.29 is 24.2 Å². The largest absolute Gasteiger partial charge is 0.495 e. The van der Waals surface area contributed by atoms with E-state index >= 15 is 0 Å². The number of nitrogens with zero attached hydrogens (tertiary/aromatic N) is 1. The predicted octanol–water partition coefficient (Wildman–Crippen LogP) is 6.15. The summed E-state index contributed by atoms with van der Waals surface area (Å²) in [7, 11) is 1.42. The van der Waals surface area contributed by atoms with E-state index in [4.69, 9.17) is 33.0 Å². The molecule has 1 heterocycles. The zero-order valence-electron chi connectivity index (χ0n) is 21.5. The van der Waals surface area contributed by atoms with Gasteiger partial charge < -0.3 is 15.2 Å². The smallest absolute Gasteiger partial charge is 0.335 e. The van der Waals surface area contributed by atoms with Crippen molar-refractivity contribution in [2.24, 2.45) is 0 Å². The van der Waals surface area contributed by atoms with Crippen LogP contribution in [0.1, 0.15) is 39.2 Å². The number of carboxylic acids is 1. The fraction of sp³-hybridized carbons (Fsp3) is 0.133. The third-order valence-electron chi connectivity index (χ3n) is 6.30. The lowest BCUT2D eigenvalue weighted by atomic mass is 9.97. The van der Waals surface area contributed by atoms with Gasteiger partial charge in [-0.25, -0.2) is 4.79 Å². The zero-order chi connectivity index (χ0) is 29.0. The van der Waals surface area contributed by atoms with Gasteiger partial charge in [-0.05, 0) is 72.6 Å². The highest BCUT2D eigenvalue weighted by molar-refractivity contribution is 6.31. The Morgan fingerprint density at radius 3 is 2.17 bits per heavy atom. The molecule has 10 heteroatoms. The van der Waals surface area contributed by atoms with Crippen LogP contribution >= 0.6 is 23.2 Å². The van der Waals surface area contributed by atoms with Crippen molar-refractivity contribution >= 4 is 46.5 Å². The molecule has 4 aromatic rings. The number of ketones is 1. The highest BCUT2D eigenvalue weighted by Crippen LogP contribution is 2.34. The second kappa shape index (κ2) is 12.2. The van der Waals surface area contributed by atoms with E-state index in [9.17, 15) is 19.2 Å². The maximum Gasteiger partial charge on any atom is 0.335 e. The maximum absolute atomic E-state index is 13.6. The first-order valence-electron chi connectivity index (χ1n) is 12.1. The Kier molecular flexibility index (Phi) is 8.72. The first-order chi connectivity index (χ1) is 19.1. The van der Waals surface area contributed by atoms with Crippen molar-refractivity contribution in [2.45, 2.75) is 19.4 Å². The zero-order valence-corrected chi connectivity index (χ0v) is 23.0. The van der Waals surface area contributed by atoms with Gasteiger partial charge in [0.05, 0.1) is 18.9 Å². The van der Waals surface area contributed by atoms with Crippen LogP contribution in [0, 0.1) is 0 Å². The molecule has 0 aliphatic carbocycles. The number of methoxy groups -OCH3 is 1. The summed E-state index contributed by atoms with van der Waals surface area (Å²) in [5.74, 6) is -1.57. The molecule has 8 nitrogen and oxygen atoms in total. The van der Waals surface area contributed by atoms with Crippen molar-refractivity contribution in [2.75, 3.05) is 12.4 Å². The van der Waals surface area contributed by atoms with Gasteiger partial charge in [0, 0.05) is 39.3 Å². The average Bonchev–Trinajstić information content (AvgIpc) is 2.92. The van der Waals surface area contributed by atoms with Gasteiger partial charge in [0.25, 0.3) is 5.56 Å². The lowest BCUT2D eigenvalue weighted by Gasteiger charge is -2.22. The summed E-state index contributed by atoms with van der Waals surface area (Å²) < 4.78 is 6.86. The van der Waals surface area contributed by atoms with E-state index < -0.39 is 23.5 Å². The quantitative estimate of drug-likeness (QED) is 0.230. The van der Waals surface area contributed by atoms with Crippen molar-refractivity contribution in [1.29, 1.82) is 0 Å². The summed E-state index contributed by atoms with van der Waals surface area (Å²) in [5.41, 5.74) is 1.80. The summed E-state index contributed by atoms with van der Waals surface area (Å²) in [6.07, 6.45) is 1.56. The summed E-state index contributed by atoms with van der Waals surface area (Å²) >= 11 is 12.2. The van der Waals surface area contributed by atoms with Gasteiger partial charge in [-0.1, -0.05) is 35.3 Å². The van der Waals surface area contributed by atoms with E-state index in [2.05, 4.69) is 5.32 Å². The number of carboxylic acid groups (broad SMARTS) is 1. The molecule has 2 N–H and O–H groups in total. The summed E-state index contributed by atoms with van der Waals surface area (Å²) in [6.45, 7) is 1.41. The van der Waals surface area contributed by atoms with Crippen molar-refractivity contribution in [3.63, 3.8) is 0 Å². The minimum atomic E-state index is -1.09. The number of pyridine rings is 1. The second-order valence-electron chi connectivity index (χ2n) is 8.97. The molecule has 0 bridgehead atoms. The van der Waals surface area contributed by atoms with Crippen LogP contribution in [0.25, 0.3) is 11.1 Å². The number of aromatic carboxylic acids is 1. The summed E-state index contributed by atoms with van der Waals surface area (Å²) in [6, 6.07) is 17.6. The number of carbonyl (C=O) groups excluding carboxylic acids is 2. The van der Waals surface area contributed by atoms with Crippen molar-refractivity contribution in [1.82, 2.24) is 4.57 Å². The molecule has 1 aromatic heterocycles. The summed E-state index contributed by atoms with van der Waals surface area (Å²) in [5, 5.41) is 12.8. The molecule has 3 aromatic carbocycles. The van der Waals surface area contributed by atoms with E-state index in [1.807, 2.05) is 0 Å². The number of rotatable bonds is 9. The SMILES string of the molecule is COc1cn(C(Cc2ccc(Cl)cc2)C(=O)Nc2ccc(C(=O)O)cc2)c(=O)cc1-c1cc(Cl)ccc1C(C)=O. The Labute approximate surface area is 239 Å². The van der Waals surface area contributed by atoms with Gasteiger partial charge in [-0.15, -0.1) is 0 Å². The third-order valence-corrected chi connectivity index (χ3v) is 6.78. The number of anilines is 1. The molecule has 1 amide bonds. The van der Waals surface area contributed by atoms with E-state index in [0.717, 1.165) is 5.56 Å². The number of carbonyl (C=O) groups is 3. The minimum Gasteiger partial charge on any atom is -0.495 e. The lowest BCUT2D eigenvalue weighted by molar-refractivity contribution is -0.119. The molecule has 0 spiro atoms. The van der Waals surface area contributed by atoms with Crippen LogP contribution in [-0.2, 0) is 11.2 Å². The first-order valence-corrected chi connectivity index (χ1v) is 12.8. The lowest BCUT2D eigenvalue weighted by Crippen LogP contribution is -2.34. The minimum absolute atomic E-state index is 0.0678. The molecule has 204 valence electrons. The fourth-order valence-electron chi connectivity index (χ4n) is 4.27. The fourth-order valence-corrected chi connectivity index (χ4v) is 4.57. The average molecular weight is 579 g/mol. The predicted molar refractivity (Wildman–Crippen MR) is 154 cm³/mol. The van der Waals surface area contributed by atoms with Crippen LogP contribution in [0.15, 0.2) is 83.8 Å².